The van der Waals surface area contributed by atoms with Crippen LogP contribution in [0.3, 0.4) is 0 Å². The topological polar surface area (TPSA) is 82.1 Å². The lowest BCUT2D eigenvalue weighted by molar-refractivity contribution is -0.606. The highest BCUT2D eigenvalue weighted by Gasteiger charge is 2.21. The molecule has 1 amide bonds. The van der Waals surface area contributed by atoms with Crippen LogP contribution in [0.5, 0.6) is 0 Å². The molecule has 24 heavy (non-hydrogen) atoms. The second-order valence-electron chi connectivity index (χ2n) is 4.99. The van der Waals surface area contributed by atoms with Crippen LogP contribution < -0.4 is 9.63 Å². The van der Waals surface area contributed by atoms with Gasteiger partial charge < -0.3 is 10.1 Å². The summed E-state index contributed by atoms with van der Waals surface area (Å²) < 4.78 is 26.1. The van der Waals surface area contributed by atoms with Crippen molar-refractivity contribution in [2.24, 2.45) is 0 Å². The summed E-state index contributed by atoms with van der Waals surface area (Å²) in [5.41, 5.74) is 0.518. The van der Waals surface area contributed by atoms with Gasteiger partial charge in [-0.15, -0.1) is 0 Å². The van der Waals surface area contributed by atoms with Gasteiger partial charge in [-0.05, 0) is 6.92 Å². The monoisotopic (exact) mass is 374 g/mol. The van der Waals surface area contributed by atoms with Gasteiger partial charge in [0.1, 0.15) is 11.4 Å². The first kappa shape index (κ1) is 18.3. The zero-order chi connectivity index (χ0) is 17.9. The van der Waals surface area contributed by atoms with Gasteiger partial charge in [0, 0.05) is 41.8 Å². The van der Waals surface area contributed by atoms with Crippen molar-refractivity contribution in [1.29, 1.82) is 0 Å². The molecule has 130 valence electrons. The summed E-state index contributed by atoms with van der Waals surface area (Å²) in [7, 11) is -1.08. The minimum Gasteiger partial charge on any atom is -0.619 e. The zero-order valence-electron chi connectivity index (χ0n) is 13.1. The van der Waals surface area contributed by atoms with Gasteiger partial charge in [-0.25, -0.2) is 9.07 Å². The van der Waals surface area contributed by atoms with Crippen LogP contribution in [0.1, 0.15) is 13.3 Å². The number of carbonyl (C=O) groups excluding carboxylic acids is 1. The molecule has 7 nitrogen and oxygen atoms in total. The number of aromatic nitrogens is 3. The van der Waals surface area contributed by atoms with E-state index in [0.717, 1.165) is 18.5 Å². The summed E-state index contributed by atoms with van der Waals surface area (Å²) >= 11 is 6.09. The third-order valence-corrected chi connectivity index (χ3v) is 4.27. The number of hydrogen-bond donors (Lipinski definition) is 0. The molecular weight excluding hydrogens is 359 g/mol. The molecule has 2 rings (SSSR count). The Balaban J connectivity index is 2.32. The summed E-state index contributed by atoms with van der Waals surface area (Å²) in [5.74, 6) is -0.710. The van der Waals surface area contributed by atoms with E-state index in [2.05, 4.69) is 5.10 Å². The van der Waals surface area contributed by atoms with Crippen molar-refractivity contribution in [2.45, 2.75) is 13.3 Å². The molecule has 0 spiro atoms. The molecule has 0 bridgehead atoms. The maximum atomic E-state index is 13.4. The predicted molar refractivity (Wildman–Crippen MR) is 89.1 cm³/mol. The lowest BCUT2D eigenvalue weighted by atomic mass is 10.3. The number of pyridine rings is 1. The van der Waals surface area contributed by atoms with Crippen molar-refractivity contribution in [2.75, 3.05) is 23.5 Å². The van der Waals surface area contributed by atoms with E-state index in [1.165, 1.54) is 22.0 Å². The summed E-state index contributed by atoms with van der Waals surface area (Å²) in [6.45, 7) is 2.10. The summed E-state index contributed by atoms with van der Waals surface area (Å²) in [6.07, 6.45) is 4.99. The molecule has 0 aliphatic heterocycles. The van der Waals surface area contributed by atoms with Crippen molar-refractivity contribution >= 4 is 34.0 Å². The molecule has 0 aliphatic rings. The van der Waals surface area contributed by atoms with Crippen LogP contribution in [0.15, 0.2) is 24.7 Å². The first-order valence-corrected chi connectivity index (χ1v) is 9.17. The van der Waals surface area contributed by atoms with E-state index in [9.17, 15) is 18.6 Å². The number of halogens is 2. The van der Waals surface area contributed by atoms with Crippen LogP contribution in [0, 0.1) is 11.0 Å². The summed E-state index contributed by atoms with van der Waals surface area (Å²) in [5, 5.41) is 15.4. The fraction of sp³-hybridized carbons (Fsp3) is 0.357. The Labute approximate surface area is 145 Å². The van der Waals surface area contributed by atoms with E-state index < -0.39 is 16.6 Å². The third kappa shape index (κ3) is 4.30. The van der Waals surface area contributed by atoms with E-state index in [1.807, 2.05) is 0 Å². The molecule has 0 N–H and O–H groups in total. The highest BCUT2D eigenvalue weighted by molar-refractivity contribution is 7.84. The van der Waals surface area contributed by atoms with E-state index in [0.29, 0.717) is 17.0 Å². The van der Waals surface area contributed by atoms with Crippen LogP contribution in [0.2, 0.25) is 5.15 Å². The number of carbonyl (C=O) groups is 1. The molecule has 1 atom stereocenters. The van der Waals surface area contributed by atoms with Gasteiger partial charge in [0.2, 0.25) is 18.3 Å². The lowest BCUT2D eigenvalue weighted by Gasteiger charge is -2.19. The second kappa shape index (κ2) is 7.71. The van der Waals surface area contributed by atoms with Crippen molar-refractivity contribution in [1.82, 2.24) is 9.78 Å². The van der Waals surface area contributed by atoms with Crippen molar-refractivity contribution in [3.05, 3.63) is 40.8 Å². The van der Waals surface area contributed by atoms with Gasteiger partial charge >= 0.3 is 0 Å². The summed E-state index contributed by atoms with van der Waals surface area (Å²) in [4.78, 5) is 13.7. The van der Waals surface area contributed by atoms with Crippen molar-refractivity contribution in [3.8, 4) is 5.69 Å². The molecule has 0 saturated carbocycles. The molecule has 2 heterocycles. The molecule has 0 aromatic carbocycles. The molecule has 1 unspecified atom stereocenters. The Bertz CT molecular complexity index is 763. The van der Waals surface area contributed by atoms with Crippen LogP contribution in [-0.4, -0.2) is 38.4 Å². The lowest BCUT2D eigenvalue weighted by Crippen LogP contribution is -2.31. The average molecular weight is 375 g/mol. The summed E-state index contributed by atoms with van der Waals surface area (Å²) in [6, 6.07) is 1.12. The highest BCUT2D eigenvalue weighted by atomic mass is 35.5. The normalized spacial score (nSPS) is 12.2. The Morgan fingerprint density at radius 1 is 1.54 bits per heavy atom. The number of amides is 1. The van der Waals surface area contributed by atoms with E-state index in [1.54, 1.807) is 6.92 Å². The van der Waals surface area contributed by atoms with Gasteiger partial charge in [-0.2, -0.15) is 9.83 Å². The molecule has 0 radical (unpaired) electrons. The Hall–Kier alpha value is -2.00. The number of anilines is 1. The fourth-order valence-corrected chi connectivity index (χ4v) is 2.83. The van der Waals surface area contributed by atoms with E-state index in [-0.39, 0.29) is 28.9 Å². The molecule has 0 saturated heterocycles. The van der Waals surface area contributed by atoms with Gasteiger partial charge in [0.05, 0.1) is 6.20 Å². The van der Waals surface area contributed by atoms with E-state index >= 15 is 0 Å². The largest absolute Gasteiger partial charge is 0.619 e. The highest BCUT2D eigenvalue weighted by Crippen LogP contribution is 2.26. The molecule has 2 aromatic heterocycles. The molecule has 0 fully saturated rings. The van der Waals surface area contributed by atoms with Gasteiger partial charge in [-0.1, -0.05) is 11.6 Å². The first-order valence-electron chi connectivity index (χ1n) is 7.07. The third-order valence-electron chi connectivity index (χ3n) is 3.22. The Kier molecular flexibility index (Phi) is 5.89. The Morgan fingerprint density at radius 2 is 2.25 bits per heavy atom. The molecule has 0 aliphatic carbocycles. The SMILES string of the molecule is CCN(C(=O)CCS(C)=O)c1cn(-c2cc(F)c[n+]([O-])c2)nc1Cl. The van der Waals surface area contributed by atoms with Crippen molar-refractivity contribution in [3.63, 3.8) is 0 Å². The van der Waals surface area contributed by atoms with Crippen LogP contribution in [-0.2, 0) is 15.6 Å². The minimum absolute atomic E-state index is 0.0459. The maximum Gasteiger partial charge on any atom is 0.228 e. The smallest absolute Gasteiger partial charge is 0.228 e. The van der Waals surface area contributed by atoms with Crippen LogP contribution in [0.4, 0.5) is 10.1 Å². The Morgan fingerprint density at radius 3 is 2.83 bits per heavy atom. The second-order valence-corrected chi connectivity index (χ2v) is 6.90. The zero-order valence-corrected chi connectivity index (χ0v) is 14.7. The van der Waals surface area contributed by atoms with Gasteiger partial charge in [0.15, 0.2) is 11.0 Å². The number of hydrogen-bond acceptors (Lipinski definition) is 4. The molecule has 10 heteroatoms. The van der Waals surface area contributed by atoms with Gasteiger partial charge in [-0.3, -0.25) is 9.00 Å². The standard InChI is InChI=1S/C14H16ClFN4O3S/c1-3-19(13(21)4-5-24(2)23)12-9-20(17-14(12)15)11-6-10(16)7-18(22)8-11/h6-9H,3-5H2,1-2H3. The van der Waals surface area contributed by atoms with Crippen LogP contribution in [0.25, 0.3) is 5.69 Å². The fourth-order valence-electron chi connectivity index (χ4n) is 2.13. The first-order chi connectivity index (χ1) is 11.3. The van der Waals surface area contributed by atoms with Gasteiger partial charge in [0.25, 0.3) is 0 Å². The van der Waals surface area contributed by atoms with E-state index in [4.69, 9.17) is 11.6 Å². The molecule has 2 aromatic rings. The predicted octanol–water partition coefficient (Wildman–Crippen LogP) is 1.42. The quantitative estimate of drug-likeness (QED) is 0.565. The van der Waals surface area contributed by atoms with Crippen LogP contribution >= 0.6 is 11.6 Å². The molecular formula is C14H16ClFN4O3S. The maximum absolute atomic E-state index is 13.4. The average Bonchev–Trinajstić information content (AvgIpc) is 2.87. The van der Waals surface area contributed by atoms with Crippen molar-refractivity contribution < 1.29 is 18.1 Å². The number of rotatable bonds is 6. The number of nitrogens with zero attached hydrogens (tertiary/aromatic N) is 4. The minimum atomic E-state index is -1.08.